The second kappa shape index (κ2) is 7.99. The third kappa shape index (κ3) is 6.65. The lowest BCUT2D eigenvalue weighted by Crippen LogP contribution is -2.47. The van der Waals surface area contributed by atoms with E-state index in [4.69, 9.17) is 0 Å². The zero-order chi connectivity index (χ0) is 15.8. The molecule has 20 heavy (non-hydrogen) atoms. The normalized spacial score (nSPS) is 12.0. The maximum Gasteiger partial charge on any atom is 0.427 e. The van der Waals surface area contributed by atoms with Crippen molar-refractivity contribution in [2.75, 3.05) is 6.61 Å². The third-order valence-electron chi connectivity index (χ3n) is 1.89. The number of carbonyl (C=O) groups excluding carboxylic acids is 1. The minimum atomic E-state index is -5.46. The zero-order valence-electron chi connectivity index (χ0n) is 10.4. The molecule has 0 aliphatic heterocycles. The monoisotopic (exact) mass is 306 g/mol. The summed E-state index contributed by atoms with van der Waals surface area (Å²) in [6.45, 7) is -4.36. The number of rotatable bonds is 7. The Morgan fingerprint density at radius 1 is 1.25 bits per heavy atom. The highest BCUT2D eigenvalue weighted by atomic mass is 19.3. The molecule has 9 heteroatoms. The molecule has 0 unspecified atom stereocenters. The van der Waals surface area contributed by atoms with Crippen molar-refractivity contribution in [3.05, 3.63) is 0 Å². The highest BCUT2D eigenvalue weighted by Gasteiger charge is 2.60. The van der Waals surface area contributed by atoms with Crippen LogP contribution in [-0.2, 0) is 14.3 Å². The highest BCUT2D eigenvalue weighted by Crippen LogP contribution is 2.36. The summed E-state index contributed by atoms with van der Waals surface area (Å²) >= 11 is 0. The standard InChI is InChI=1S/C11H12F6O3/c1-2-3-4-5-6-8(18)19-7-10(14,15)11(16,17)20-9(12)13/h9H,2-4,7H2,1H3. The average Bonchev–Trinajstić information content (AvgIpc) is 2.30. The van der Waals surface area contributed by atoms with E-state index in [9.17, 15) is 31.1 Å². The van der Waals surface area contributed by atoms with E-state index in [-0.39, 0.29) is 0 Å². The fraction of sp³-hybridized carbons (Fsp3) is 0.727. The number of esters is 1. The smallest absolute Gasteiger partial charge is 0.427 e. The molecule has 116 valence electrons. The topological polar surface area (TPSA) is 35.5 Å². The van der Waals surface area contributed by atoms with E-state index in [0.717, 1.165) is 6.42 Å². The Labute approximate surface area is 111 Å². The van der Waals surface area contributed by atoms with Gasteiger partial charge in [-0.2, -0.15) is 26.3 Å². The van der Waals surface area contributed by atoms with Crippen LogP contribution in [0.1, 0.15) is 26.2 Å². The van der Waals surface area contributed by atoms with Gasteiger partial charge < -0.3 is 4.74 Å². The van der Waals surface area contributed by atoms with Crippen molar-refractivity contribution in [2.45, 2.75) is 44.8 Å². The van der Waals surface area contributed by atoms with Crippen LogP contribution >= 0.6 is 0 Å². The fourth-order valence-electron chi connectivity index (χ4n) is 0.874. The highest BCUT2D eigenvalue weighted by molar-refractivity contribution is 5.88. The zero-order valence-corrected chi connectivity index (χ0v) is 10.4. The number of alkyl halides is 6. The molecule has 0 aromatic rings. The summed E-state index contributed by atoms with van der Waals surface area (Å²) in [5.74, 6) is -2.45. The van der Waals surface area contributed by atoms with Crippen molar-refractivity contribution in [3.8, 4) is 11.8 Å². The molecule has 0 N–H and O–H groups in total. The van der Waals surface area contributed by atoms with Crippen LogP contribution in [0, 0.1) is 11.8 Å². The van der Waals surface area contributed by atoms with Gasteiger partial charge in [0.25, 0.3) is 0 Å². The van der Waals surface area contributed by atoms with E-state index in [2.05, 4.69) is 15.4 Å². The van der Waals surface area contributed by atoms with Crippen molar-refractivity contribution in [3.63, 3.8) is 0 Å². The Morgan fingerprint density at radius 3 is 2.35 bits per heavy atom. The SMILES string of the molecule is CCCCC#CC(=O)OCC(F)(F)C(F)(F)OC(F)F. The Hall–Kier alpha value is -1.43. The Balaban J connectivity index is 4.39. The fourth-order valence-corrected chi connectivity index (χ4v) is 0.874. The van der Waals surface area contributed by atoms with Gasteiger partial charge >= 0.3 is 24.6 Å². The van der Waals surface area contributed by atoms with Gasteiger partial charge in [0.05, 0.1) is 0 Å². The van der Waals surface area contributed by atoms with Crippen LogP contribution in [-0.4, -0.2) is 31.2 Å². The van der Waals surface area contributed by atoms with Gasteiger partial charge in [-0.15, -0.1) is 0 Å². The summed E-state index contributed by atoms with van der Waals surface area (Å²) in [6, 6.07) is 0. The number of unbranched alkanes of at least 4 members (excludes halogenated alkanes) is 2. The Morgan fingerprint density at radius 2 is 1.85 bits per heavy atom. The number of ether oxygens (including phenoxy) is 2. The number of halogens is 6. The van der Waals surface area contributed by atoms with Gasteiger partial charge in [-0.05, 0) is 6.42 Å². The van der Waals surface area contributed by atoms with Crippen molar-refractivity contribution in [2.24, 2.45) is 0 Å². The maximum absolute atomic E-state index is 12.8. The van der Waals surface area contributed by atoms with Crippen molar-refractivity contribution < 1.29 is 40.6 Å². The maximum atomic E-state index is 12.8. The summed E-state index contributed by atoms with van der Waals surface area (Å²) in [5.41, 5.74) is 0. The van der Waals surface area contributed by atoms with Crippen LogP contribution in [0.25, 0.3) is 0 Å². The quantitative estimate of drug-likeness (QED) is 0.238. The van der Waals surface area contributed by atoms with E-state index >= 15 is 0 Å². The van der Waals surface area contributed by atoms with E-state index in [0.29, 0.717) is 12.8 Å². The number of hydrogen-bond acceptors (Lipinski definition) is 3. The van der Waals surface area contributed by atoms with Gasteiger partial charge in [0.1, 0.15) is 0 Å². The van der Waals surface area contributed by atoms with E-state index in [1.807, 2.05) is 6.92 Å². The average molecular weight is 306 g/mol. The molecule has 0 bridgehead atoms. The molecule has 0 atom stereocenters. The lowest BCUT2D eigenvalue weighted by Gasteiger charge is -2.24. The van der Waals surface area contributed by atoms with Crippen molar-refractivity contribution in [1.29, 1.82) is 0 Å². The van der Waals surface area contributed by atoms with Gasteiger partial charge in [0.2, 0.25) is 0 Å². The Bertz CT molecular complexity index is 372. The van der Waals surface area contributed by atoms with Crippen molar-refractivity contribution in [1.82, 2.24) is 0 Å². The van der Waals surface area contributed by atoms with E-state index in [1.54, 1.807) is 5.92 Å². The molecule has 0 aliphatic carbocycles. The molecule has 0 amide bonds. The molecule has 0 aromatic heterocycles. The minimum Gasteiger partial charge on any atom is -0.449 e. The summed E-state index contributed by atoms with van der Waals surface area (Å²) < 4.78 is 80.2. The third-order valence-corrected chi connectivity index (χ3v) is 1.89. The summed E-state index contributed by atoms with van der Waals surface area (Å²) in [5, 5.41) is 0. The lowest BCUT2D eigenvalue weighted by molar-refractivity contribution is -0.398. The molecular weight excluding hydrogens is 294 g/mol. The molecule has 0 aromatic carbocycles. The first kappa shape index (κ1) is 18.6. The lowest BCUT2D eigenvalue weighted by atomic mass is 10.2. The minimum absolute atomic E-state index is 0.312. The molecule has 0 saturated heterocycles. The molecule has 0 radical (unpaired) electrons. The molecule has 0 spiro atoms. The second-order valence-corrected chi connectivity index (χ2v) is 3.58. The molecule has 3 nitrogen and oxygen atoms in total. The molecular formula is C11H12F6O3. The van der Waals surface area contributed by atoms with Gasteiger partial charge in [-0.1, -0.05) is 19.3 Å². The Kier molecular flexibility index (Phi) is 7.42. The first-order valence-electron chi connectivity index (χ1n) is 5.49. The molecule has 0 saturated carbocycles. The number of carbonyl (C=O) groups is 1. The van der Waals surface area contributed by atoms with Crippen LogP contribution in [0.4, 0.5) is 26.3 Å². The van der Waals surface area contributed by atoms with E-state index < -0.39 is 31.2 Å². The van der Waals surface area contributed by atoms with Crippen LogP contribution in [0.15, 0.2) is 0 Å². The van der Waals surface area contributed by atoms with Crippen LogP contribution in [0.2, 0.25) is 0 Å². The molecule has 0 aliphatic rings. The predicted molar refractivity (Wildman–Crippen MR) is 55.2 cm³/mol. The van der Waals surface area contributed by atoms with Gasteiger partial charge in [-0.3, -0.25) is 4.74 Å². The van der Waals surface area contributed by atoms with Crippen LogP contribution in [0.5, 0.6) is 0 Å². The first-order valence-corrected chi connectivity index (χ1v) is 5.49. The predicted octanol–water partition coefficient (Wildman–Crippen LogP) is 3.19. The molecule has 0 fully saturated rings. The molecule has 0 heterocycles. The van der Waals surface area contributed by atoms with Gasteiger partial charge in [0, 0.05) is 12.3 Å². The van der Waals surface area contributed by atoms with Gasteiger partial charge in [-0.25, -0.2) is 4.79 Å². The van der Waals surface area contributed by atoms with Crippen LogP contribution < -0.4 is 0 Å². The number of hydrogen-bond donors (Lipinski definition) is 0. The first-order chi connectivity index (χ1) is 9.12. The van der Waals surface area contributed by atoms with Crippen LogP contribution in [0.3, 0.4) is 0 Å². The summed E-state index contributed by atoms with van der Waals surface area (Å²) in [4.78, 5) is 10.8. The van der Waals surface area contributed by atoms with Crippen molar-refractivity contribution >= 4 is 5.97 Å². The van der Waals surface area contributed by atoms with E-state index in [1.165, 1.54) is 0 Å². The molecule has 0 rings (SSSR count). The summed E-state index contributed by atoms with van der Waals surface area (Å²) in [7, 11) is 0. The summed E-state index contributed by atoms with van der Waals surface area (Å²) in [6.07, 6.45) is -3.69. The van der Waals surface area contributed by atoms with Gasteiger partial charge in [0.15, 0.2) is 6.61 Å². The largest absolute Gasteiger partial charge is 0.449 e. The second-order valence-electron chi connectivity index (χ2n) is 3.58.